The van der Waals surface area contributed by atoms with Gasteiger partial charge in [-0.2, -0.15) is 0 Å². The van der Waals surface area contributed by atoms with E-state index in [0.717, 1.165) is 5.56 Å². The molecule has 1 aromatic carbocycles. The van der Waals surface area contributed by atoms with Gasteiger partial charge in [-0.05, 0) is 17.7 Å². The molecule has 0 aliphatic heterocycles. The summed E-state index contributed by atoms with van der Waals surface area (Å²) in [7, 11) is 1.56. The fraction of sp³-hybridized carbons (Fsp3) is 0.364. The van der Waals surface area contributed by atoms with Crippen LogP contribution in [0.5, 0.6) is 5.75 Å². The number of hydrogen-bond acceptors (Lipinski definition) is 3. The lowest BCUT2D eigenvalue weighted by Gasteiger charge is -2.07. The highest BCUT2D eigenvalue weighted by molar-refractivity contribution is 6.31. The van der Waals surface area contributed by atoms with E-state index in [1.54, 1.807) is 25.3 Å². The van der Waals surface area contributed by atoms with Crippen molar-refractivity contribution in [2.45, 2.75) is 13.0 Å². The number of amides is 1. The SMILES string of the molecule is COc1ccc(CNC(=O)CCO)c(Cl)c1. The predicted molar refractivity (Wildman–Crippen MR) is 61.6 cm³/mol. The quantitative estimate of drug-likeness (QED) is 0.821. The van der Waals surface area contributed by atoms with Crippen molar-refractivity contribution in [3.8, 4) is 5.75 Å². The summed E-state index contributed by atoms with van der Waals surface area (Å²) in [5.41, 5.74) is 0.814. The molecule has 4 nitrogen and oxygen atoms in total. The van der Waals surface area contributed by atoms with Crippen molar-refractivity contribution in [3.63, 3.8) is 0 Å². The highest BCUT2D eigenvalue weighted by Crippen LogP contribution is 2.22. The highest BCUT2D eigenvalue weighted by atomic mass is 35.5. The molecule has 1 rings (SSSR count). The molecule has 0 bridgehead atoms. The number of halogens is 1. The second-order valence-corrected chi connectivity index (χ2v) is 3.61. The largest absolute Gasteiger partial charge is 0.497 e. The minimum absolute atomic E-state index is 0.105. The Morgan fingerprint density at radius 1 is 1.56 bits per heavy atom. The predicted octanol–water partition coefficient (Wildman–Crippen LogP) is 1.35. The summed E-state index contributed by atoms with van der Waals surface area (Å²) in [5, 5.41) is 11.8. The Bertz CT molecular complexity index is 368. The first-order chi connectivity index (χ1) is 7.67. The van der Waals surface area contributed by atoms with Crippen LogP contribution < -0.4 is 10.1 Å². The van der Waals surface area contributed by atoms with Gasteiger partial charge in [0.2, 0.25) is 5.91 Å². The monoisotopic (exact) mass is 243 g/mol. The Morgan fingerprint density at radius 3 is 2.88 bits per heavy atom. The molecular formula is C11H14ClNO3. The Kier molecular flexibility index (Phi) is 5.08. The molecule has 0 spiro atoms. The number of nitrogens with one attached hydrogen (secondary N) is 1. The van der Waals surface area contributed by atoms with E-state index >= 15 is 0 Å². The third-order valence-electron chi connectivity index (χ3n) is 2.08. The Labute approximate surface area is 99.2 Å². The molecule has 0 aliphatic rings. The zero-order valence-electron chi connectivity index (χ0n) is 9.00. The molecular weight excluding hydrogens is 230 g/mol. The summed E-state index contributed by atoms with van der Waals surface area (Å²) in [6.07, 6.45) is 0.105. The molecule has 16 heavy (non-hydrogen) atoms. The first-order valence-electron chi connectivity index (χ1n) is 4.87. The zero-order chi connectivity index (χ0) is 12.0. The van der Waals surface area contributed by atoms with Crippen molar-refractivity contribution in [1.29, 1.82) is 0 Å². The van der Waals surface area contributed by atoms with Gasteiger partial charge in [0.05, 0.1) is 13.7 Å². The van der Waals surface area contributed by atoms with Crippen molar-refractivity contribution in [1.82, 2.24) is 5.32 Å². The van der Waals surface area contributed by atoms with Gasteiger partial charge in [-0.1, -0.05) is 17.7 Å². The van der Waals surface area contributed by atoms with Gasteiger partial charge < -0.3 is 15.2 Å². The summed E-state index contributed by atoms with van der Waals surface area (Å²) < 4.78 is 5.01. The molecule has 1 aromatic rings. The van der Waals surface area contributed by atoms with E-state index in [1.165, 1.54) is 0 Å². The molecule has 2 N–H and O–H groups in total. The molecule has 0 saturated heterocycles. The molecule has 0 unspecified atom stereocenters. The van der Waals surface area contributed by atoms with Crippen LogP contribution in [-0.4, -0.2) is 24.7 Å². The van der Waals surface area contributed by atoms with Crippen molar-refractivity contribution < 1.29 is 14.6 Å². The molecule has 0 aromatic heterocycles. The van der Waals surface area contributed by atoms with E-state index in [9.17, 15) is 4.79 Å². The van der Waals surface area contributed by atoms with Crippen molar-refractivity contribution in [2.75, 3.05) is 13.7 Å². The summed E-state index contributed by atoms with van der Waals surface area (Å²) in [4.78, 5) is 11.1. The third-order valence-corrected chi connectivity index (χ3v) is 2.43. The third kappa shape index (κ3) is 3.72. The van der Waals surface area contributed by atoms with Crippen LogP contribution >= 0.6 is 11.6 Å². The minimum Gasteiger partial charge on any atom is -0.497 e. The molecule has 0 atom stereocenters. The van der Waals surface area contributed by atoms with Crippen LogP contribution in [0.2, 0.25) is 5.02 Å². The summed E-state index contributed by atoms with van der Waals surface area (Å²) >= 11 is 5.99. The first-order valence-corrected chi connectivity index (χ1v) is 5.25. The zero-order valence-corrected chi connectivity index (χ0v) is 9.75. The van der Waals surface area contributed by atoms with E-state index in [-0.39, 0.29) is 18.9 Å². The average Bonchev–Trinajstić information content (AvgIpc) is 2.27. The summed E-state index contributed by atoms with van der Waals surface area (Å²) in [6, 6.07) is 5.26. The van der Waals surface area contributed by atoms with Crippen molar-refractivity contribution in [2.24, 2.45) is 0 Å². The van der Waals surface area contributed by atoms with Crippen LogP contribution in [-0.2, 0) is 11.3 Å². The number of carbonyl (C=O) groups is 1. The van der Waals surface area contributed by atoms with E-state index in [1.807, 2.05) is 0 Å². The van der Waals surface area contributed by atoms with Gasteiger partial charge in [0, 0.05) is 18.0 Å². The van der Waals surface area contributed by atoms with Gasteiger partial charge in [-0.3, -0.25) is 4.79 Å². The van der Waals surface area contributed by atoms with Gasteiger partial charge in [0.1, 0.15) is 5.75 Å². The maximum Gasteiger partial charge on any atom is 0.222 e. The number of benzene rings is 1. The molecule has 88 valence electrons. The number of methoxy groups -OCH3 is 1. The number of ether oxygens (including phenoxy) is 1. The highest BCUT2D eigenvalue weighted by Gasteiger charge is 2.04. The topological polar surface area (TPSA) is 58.6 Å². The maximum atomic E-state index is 11.1. The fourth-order valence-electron chi connectivity index (χ4n) is 1.18. The van der Waals surface area contributed by atoms with Gasteiger partial charge in [-0.25, -0.2) is 0 Å². The number of carbonyl (C=O) groups excluding carboxylic acids is 1. The van der Waals surface area contributed by atoms with Gasteiger partial charge >= 0.3 is 0 Å². The van der Waals surface area contributed by atoms with Crippen molar-refractivity contribution >= 4 is 17.5 Å². The Balaban J connectivity index is 2.57. The molecule has 5 heteroatoms. The number of hydrogen-bond donors (Lipinski definition) is 2. The number of aliphatic hydroxyl groups is 1. The molecule has 0 radical (unpaired) electrons. The second kappa shape index (κ2) is 6.35. The van der Waals surface area contributed by atoms with Crippen LogP contribution in [0.25, 0.3) is 0 Å². The smallest absolute Gasteiger partial charge is 0.222 e. The summed E-state index contributed by atoms with van der Waals surface area (Å²) in [6.45, 7) is 0.198. The van der Waals surface area contributed by atoms with E-state index in [0.29, 0.717) is 17.3 Å². The second-order valence-electron chi connectivity index (χ2n) is 3.21. The van der Waals surface area contributed by atoms with E-state index in [4.69, 9.17) is 21.4 Å². The van der Waals surface area contributed by atoms with Gasteiger partial charge in [0.25, 0.3) is 0 Å². The van der Waals surface area contributed by atoms with Gasteiger partial charge in [-0.15, -0.1) is 0 Å². The lowest BCUT2D eigenvalue weighted by atomic mass is 10.2. The van der Waals surface area contributed by atoms with E-state index < -0.39 is 0 Å². The normalized spacial score (nSPS) is 9.94. The van der Waals surface area contributed by atoms with Crippen LogP contribution in [0, 0.1) is 0 Å². The standard InChI is InChI=1S/C11H14ClNO3/c1-16-9-3-2-8(10(12)6-9)7-13-11(15)4-5-14/h2-3,6,14H,4-5,7H2,1H3,(H,13,15). The lowest BCUT2D eigenvalue weighted by Crippen LogP contribution is -2.23. The lowest BCUT2D eigenvalue weighted by molar-refractivity contribution is -0.121. The summed E-state index contributed by atoms with van der Waals surface area (Å²) in [5.74, 6) is 0.477. The Morgan fingerprint density at radius 2 is 2.31 bits per heavy atom. The number of aliphatic hydroxyl groups excluding tert-OH is 1. The average molecular weight is 244 g/mol. The molecule has 1 amide bonds. The van der Waals surface area contributed by atoms with Gasteiger partial charge in [0.15, 0.2) is 0 Å². The van der Waals surface area contributed by atoms with E-state index in [2.05, 4.69) is 5.32 Å². The fourth-order valence-corrected chi connectivity index (χ4v) is 1.42. The minimum atomic E-state index is -0.200. The van der Waals surface area contributed by atoms with Crippen LogP contribution in [0.1, 0.15) is 12.0 Å². The maximum absolute atomic E-state index is 11.1. The molecule has 0 heterocycles. The molecule has 0 aliphatic carbocycles. The van der Waals surface area contributed by atoms with Crippen molar-refractivity contribution in [3.05, 3.63) is 28.8 Å². The Hall–Kier alpha value is -1.26. The van der Waals surface area contributed by atoms with Crippen LogP contribution in [0.3, 0.4) is 0 Å². The van der Waals surface area contributed by atoms with Crippen LogP contribution in [0.4, 0.5) is 0 Å². The molecule has 0 fully saturated rings. The van der Waals surface area contributed by atoms with Crippen LogP contribution in [0.15, 0.2) is 18.2 Å². The number of rotatable bonds is 5. The first kappa shape index (κ1) is 12.8. The molecule has 0 saturated carbocycles.